The maximum Gasteiger partial charge on any atom is 0.341 e. The summed E-state index contributed by atoms with van der Waals surface area (Å²) in [4.78, 5) is 18.5. The number of fused-ring (bicyclic) bond motifs is 1. The highest BCUT2D eigenvalue weighted by Crippen LogP contribution is 2.38. The van der Waals surface area contributed by atoms with Gasteiger partial charge < -0.3 is 24.6 Å². The molecule has 166 valence electrons. The summed E-state index contributed by atoms with van der Waals surface area (Å²) in [5.74, 6) is 0.625. The lowest BCUT2D eigenvalue weighted by Crippen LogP contribution is -2.50. The Morgan fingerprint density at radius 1 is 1.19 bits per heavy atom. The van der Waals surface area contributed by atoms with E-state index in [0.717, 1.165) is 67.4 Å². The molecule has 0 radical (unpaired) electrons. The minimum atomic E-state index is -0.241. The molecule has 2 heterocycles. The molecule has 0 amide bonds. The number of esters is 1. The highest BCUT2D eigenvalue weighted by molar-refractivity contribution is 7.80. The van der Waals surface area contributed by atoms with E-state index in [1.54, 1.807) is 18.4 Å². The first-order valence-electron chi connectivity index (χ1n) is 10.9. The van der Waals surface area contributed by atoms with Crippen LogP contribution in [0.5, 0.6) is 5.75 Å². The third-order valence-electron chi connectivity index (χ3n) is 5.86. The van der Waals surface area contributed by atoms with Crippen molar-refractivity contribution in [1.82, 2.24) is 4.90 Å². The quantitative estimate of drug-likeness (QED) is 0.528. The van der Waals surface area contributed by atoms with Crippen LogP contribution in [-0.4, -0.2) is 55.9 Å². The Kier molecular flexibility index (Phi) is 6.97. The summed E-state index contributed by atoms with van der Waals surface area (Å²) in [5, 5.41) is 4.90. The molecule has 1 saturated heterocycles. The number of thiophene rings is 1. The number of carbonyl (C=O) groups is 1. The Labute approximate surface area is 193 Å². The Balaban J connectivity index is 1.43. The van der Waals surface area contributed by atoms with Crippen LogP contribution < -0.4 is 15.0 Å². The summed E-state index contributed by atoms with van der Waals surface area (Å²) in [6, 6.07) is 8.15. The van der Waals surface area contributed by atoms with Crippen molar-refractivity contribution in [3.63, 3.8) is 0 Å². The first kappa shape index (κ1) is 21.9. The number of methoxy groups -OCH3 is 1. The van der Waals surface area contributed by atoms with Crippen molar-refractivity contribution in [3.05, 3.63) is 40.3 Å². The van der Waals surface area contributed by atoms with E-state index >= 15 is 0 Å². The molecular weight excluding hydrogens is 430 g/mol. The van der Waals surface area contributed by atoms with Crippen LogP contribution in [0.2, 0.25) is 0 Å². The van der Waals surface area contributed by atoms with Crippen LogP contribution in [0.1, 0.15) is 40.6 Å². The maximum atomic E-state index is 12.7. The molecule has 1 aliphatic heterocycles. The van der Waals surface area contributed by atoms with Gasteiger partial charge >= 0.3 is 5.97 Å². The van der Waals surface area contributed by atoms with Gasteiger partial charge in [0.15, 0.2) is 5.11 Å². The highest BCUT2D eigenvalue weighted by atomic mass is 32.1. The van der Waals surface area contributed by atoms with Crippen LogP contribution in [0.25, 0.3) is 0 Å². The van der Waals surface area contributed by atoms with E-state index in [1.807, 2.05) is 19.1 Å². The summed E-state index contributed by atoms with van der Waals surface area (Å²) in [6.45, 7) is 5.61. The summed E-state index contributed by atoms with van der Waals surface area (Å²) in [5.41, 5.74) is 3.01. The zero-order valence-electron chi connectivity index (χ0n) is 18.1. The molecule has 1 aromatic carbocycles. The molecule has 0 unspecified atom stereocenters. The average molecular weight is 460 g/mol. The number of rotatable bonds is 5. The Hall–Kier alpha value is -2.32. The number of ether oxygens (including phenoxy) is 2. The second kappa shape index (κ2) is 9.87. The fourth-order valence-electron chi connectivity index (χ4n) is 4.22. The molecule has 0 spiro atoms. The number of hydrogen-bond donors (Lipinski definition) is 1. The van der Waals surface area contributed by atoms with Crippen LogP contribution >= 0.6 is 23.6 Å². The predicted molar refractivity (Wildman–Crippen MR) is 130 cm³/mol. The van der Waals surface area contributed by atoms with E-state index in [-0.39, 0.29) is 5.97 Å². The Morgan fingerprint density at radius 2 is 1.97 bits per heavy atom. The number of carbonyl (C=O) groups excluding carboxylic acids is 1. The zero-order valence-corrected chi connectivity index (χ0v) is 19.7. The van der Waals surface area contributed by atoms with E-state index in [1.165, 1.54) is 11.3 Å². The minimum absolute atomic E-state index is 0.241. The number of aryl methyl sites for hydroxylation is 1. The molecule has 0 saturated carbocycles. The summed E-state index contributed by atoms with van der Waals surface area (Å²) in [6.07, 6.45) is 4.26. The molecule has 1 N–H and O–H groups in total. The monoisotopic (exact) mass is 459 g/mol. The summed E-state index contributed by atoms with van der Waals surface area (Å²) in [7, 11) is 1.69. The lowest BCUT2D eigenvalue weighted by Gasteiger charge is -2.37. The number of benzene rings is 1. The number of hydrogen-bond acceptors (Lipinski definition) is 6. The van der Waals surface area contributed by atoms with E-state index in [2.05, 4.69) is 27.2 Å². The Morgan fingerprint density at radius 3 is 2.71 bits per heavy atom. The van der Waals surface area contributed by atoms with Gasteiger partial charge in [-0.2, -0.15) is 0 Å². The maximum absolute atomic E-state index is 12.7. The molecule has 0 atom stereocenters. The van der Waals surface area contributed by atoms with Gasteiger partial charge in [0.1, 0.15) is 10.8 Å². The number of thiocarbonyl (C=S) groups is 1. The standard InChI is InChI=1S/C23H29N3O3S2/c1-3-29-22(27)20-18-9-4-5-10-19(18)31-21(20)24-23(30)26-13-11-25(12-14-26)16-7-6-8-17(15-16)28-2/h6-8,15H,3-5,9-14H2,1-2H3,(H,24,30). The molecule has 0 bridgehead atoms. The highest BCUT2D eigenvalue weighted by Gasteiger charge is 2.28. The fraction of sp³-hybridized carbons (Fsp3) is 0.478. The van der Waals surface area contributed by atoms with E-state index < -0.39 is 0 Å². The average Bonchev–Trinajstić information content (AvgIpc) is 3.17. The summed E-state index contributed by atoms with van der Waals surface area (Å²) >= 11 is 7.39. The zero-order chi connectivity index (χ0) is 21.8. The summed E-state index contributed by atoms with van der Waals surface area (Å²) < 4.78 is 10.7. The second-order valence-electron chi connectivity index (χ2n) is 7.74. The van der Waals surface area contributed by atoms with E-state index in [4.69, 9.17) is 21.7 Å². The van der Waals surface area contributed by atoms with Gasteiger partial charge in [-0.25, -0.2) is 4.79 Å². The van der Waals surface area contributed by atoms with Crippen molar-refractivity contribution in [3.8, 4) is 5.75 Å². The first-order chi connectivity index (χ1) is 15.1. The number of piperazine rings is 1. The van der Waals surface area contributed by atoms with Crippen LogP contribution in [0, 0.1) is 0 Å². The third kappa shape index (κ3) is 4.80. The smallest absolute Gasteiger partial charge is 0.341 e. The topological polar surface area (TPSA) is 54.0 Å². The van der Waals surface area contributed by atoms with Crippen LogP contribution in [0.3, 0.4) is 0 Å². The molecule has 31 heavy (non-hydrogen) atoms. The number of nitrogens with zero attached hydrogens (tertiary/aromatic N) is 2. The molecule has 1 aromatic heterocycles. The molecule has 4 rings (SSSR count). The van der Waals surface area contributed by atoms with Gasteiger partial charge in [0, 0.05) is 42.8 Å². The van der Waals surface area contributed by atoms with Gasteiger partial charge in [-0.15, -0.1) is 11.3 Å². The van der Waals surface area contributed by atoms with Gasteiger partial charge in [0.2, 0.25) is 0 Å². The second-order valence-corrected chi connectivity index (χ2v) is 9.23. The SMILES string of the molecule is CCOC(=O)c1c(NC(=S)N2CCN(c3cccc(OC)c3)CC2)sc2c1CCCC2. The van der Waals surface area contributed by atoms with Crippen molar-refractivity contribution in [2.24, 2.45) is 0 Å². The molecule has 1 aliphatic carbocycles. The first-order valence-corrected chi connectivity index (χ1v) is 12.1. The van der Waals surface area contributed by atoms with Crippen LogP contribution in [0.4, 0.5) is 10.7 Å². The van der Waals surface area contributed by atoms with Crippen LogP contribution in [-0.2, 0) is 17.6 Å². The van der Waals surface area contributed by atoms with E-state index in [0.29, 0.717) is 17.3 Å². The lowest BCUT2D eigenvalue weighted by molar-refractivity contribution is 0.0526. The van der Waals surface area contributed by atoms with Gasteiger partial charge in [0.25, 0.3) is 0 Å². The number of nitrogens with one attached hydrogen (secondary N) is 1. The molecule has 2 aliphatic rings. The predicted octanol–water partition coefficient (Wildman–Crippen LogP) is 4.33. The minimum Gasteiger partial charge on any atom is -0.497 e. The largest absolute Gasteiger partial charge is 0.497 e. The van der Waals surface area contributed by atoms with Gasteiger partial charge in [0.05, 0.1) is 19.3 Å². The van der Waals surface area contributed by atoms with E-state index in [9.17, 15) is 4.79 Å². The van der Waals surface area contributed by atoms with Crippen molar-refractivity contribution < 1.29 is 14.3 Å². The van der Waals surface area contributed by atoms with Crippen molar-refractivity contribution >= 4 is 45.3 Å². The van der Waals surface area contributed by atoms with Gasteiger partial charge in [-0.1, -0.05) is 6.07 Å². The molecule has 6 nitrogen and oxygen atoms in total. The van der Waals surface area contributed by atoms with Crippen molar-refractivity contribution in [2.45, 2.75) is 32.6 Å². The number of anilines is 2. The molecule has 8 heteroatoms. The van der Waals surface area contributed by atoms with Crippen molar-refractivity contribution in [1.29, 1.82) is 0 Å². The Bertz CT molecular complexity index is 952. The fourth-order valence-corrected chi connectivity index (χ4v) is 5.85. The molecular formula is C23H29N3O3S2. The lowest BCUT2D eigenvalue weighted by atomic mass is 9.95. The molecule has 2 aromatic rings. The van der Waals surface area contributed by atoms with Gasteiger partial charge in [-0.3, -0.25) is 0 Å². The normalized spacial score (nSPS) is 15.9. The van der Waals surface area contributed by atoms with Gasteiger partial charge in [-0.05, 0) is 62.5 Å². The molecule has 1 fully saturated rings. The van der Waals surface area contributed by atoms with Crippen molar-refractivity contribution in [2.75, 3.05) is 50.1 Å². The third-order valence-corrected chi connectivity index (χ3v) is 7.42. The van der Waals surface area contributed by atoms with Crippen LogP contribution in [0.15, 0.2) is 24.3 Å².